The number of aryl methyl sites for hydroxylation is 1. The predicted octanol–water partition coefficient (Wildman–Crippen LogP) is 1.27. The Morgan fingerprint density at radius 2 is 2.14 bits per heavy atom. The zero-order chi connectivity index (χ0) is 16.0. The molecule has 2 heterocycles. The molecule has 1 aromatic rings. The molecule has 22 heavy (non-hydrogen) atoms. The van der Waals surface area contributed by atoms with Gasteiger partial charge in [0.1, 0.15) is 5.54 Å². The summed E-state index contributed by atoms with van der Waals surface area (Å²) in [6, 6.07) is 0. The topological polar surface area (TPSA) is 80.0 Å². The number of rotatable bonds is 3. The van der Waals surface area contributed by atoms with Gasteiger partial charge < -0.3 is 15.2 Å². The van der Waals surface area contributed by atoms with Crippen molar-refractivity contribution in [1.29, 1.82) is 0 Å². The fraction of sp³-hybridized carbons (Fsp3) is 0.769. The van der Waals surface area contributed by atoms with Crippen LogP contribution in [0.1, 0.15) is 31.0 Å². The summed E-state index contributed by atoms with van der Waals surface area (Å²) in [5.41, 5.74) is -0.784. The smallest absolute Gasteiger partial charge is 0.343 e. The summed E-state index contributed by atoms with van der Waals surface area (Å²) in [6.07, 6.45) is -2.32. The van der Waals surface area contributed by atoms with Crippen LogP contribution in [0.15, 0.2) is 4.52 Å². The van der Waals surface area contributed by atoms with E-state index in [1.807, 2.05) is 0 Å². The molecule has 9 heteroatoms. The third kappa shape index (κ3) is 2.57. The van der Waals surface area contributed by atoms with E-state index in [2.05, 4.69) is 20.8 Å². The maximum atomic E-state index is 13.0. The van der Waals surface area contributed by atoms with Gasteiger partial charge in [0.2, 0.25) is 11.8 Å². The van der Waals surface area contributed by atoms with E-state index in [0.29, 0.717) is 24.6 Å². The van der Waals surface area contributed by atoms with Crippen LogP contribution in [-0.2, 0) is 10.3 Å². The molecule has 2 atom stereocenters. The second-order valence-corrected chi connectivity index (χ2v) is 5.97. The minimum atomic E-state index is -4.39. The summed E-state index contributed by atoms with van der Waals surface area (Å²) in [4.78, 5) is 16.5. The fourth-order valence-corrected chi connectivity index (χ4v) is 3.06. The maximum absolute atomic E-state index is 13.0. The number of hydrogen-bond acceptors (Lipinski definition) is 5. The lowest BCUT2D eigenvalue weighted by atomic mass is 9.75. The molecule has 1 amide bonds. The van der Waals surface area contributed by atoms with Gasteiger partial charge in [-0.2, -0.15) is 18.2 Å². The quantitative estimate of drug-likeness (QED) is 0.877. The molecule has 6 nitrogen and oxygen atoms in total. The number of halogens is 3. The maximum Gasteiger partial charge on any atom is 0.393 e. The van der Waals surface area contributed by atoms with E-state index in [4.69, 9.17) is 4.52 Å². The summed E-state index contributed by atoms with van der Waals surface area (Å²) >= 11 is 0. The molecule has 1 saturated heterocycles. The molecule has 2 N–H and O–H groups in total. The van der Waals surface area contributed by atoms with Crippen molar-refractivity contribution < 1.29 is 22.5 Å². The van der Waals surface area contributed by atoms with E-state index in [-0.39, 0.29) is 13.1 Å². The molecule has 0 unspecified atom stereocenters. The van der Waals surface area contributed by atoms with Gasteiger partial charge in [0, 0.05) is 20.0 Å². The van der Waals surface area contributed by atoms with E-state index in [1.54, 1.807) is 6.92 Å². The van der Waals surface area contributed by atoms with Crippen LogP contribution in [0.4, 0.5) is 13.2 Å². The number of nitrogens with zero attached hydrogens (tertiary/aromatic N) is 2. The van der Waals surface area contributed by atoms with Gasteiger partial charge in [0.25, 0.3) is 0 Å². The van der Waals surface area contributed by atoms with Crippen molar-refractivity contribution in [2.75, 3.05) is 13.1 Å². The van der Waals surface area contributed by atoms with Crippen molar-refractivity contribution in [3.63, 3.8) is 0 Å². The first-order valence-corrected chi connectivity index (χ1v) is 7.22. The molecule has 1 aliphatic heterocycles. The molecule has 1 aliphatic carbocycles. The first-order valence-electron chi connectivity index (χ1n) is 7.22. The number of hydrogen-bond donors (Lipinski definition) is 2. The molecule has 2 aliphatic rings. The molecule has 3 rings (SSSR count). The first-order chi connectivity index (χ1) is 10.3. The molecular formula is C13H17F3N4O2. The van der Waals surface area contributed by atoms with E-state index >= 15 is 0 Å². The highest BCUT2D eigenvalue weighted by atomic mass is 19.4. The highest BCUT2D eigenvalue weighted by Crippen LogP contribution is 2.41. The van der Waals surface area contributed by atoms with Gasteiger partial charge in [-0.25, -0.2) is 0 Å². The van der Waals surface area contributed by atoms with Crippen LogP contribution in [-0.4, -0.2) is 35.3 Å². The van der Waals surface area contributed by atoms with Crippen LogP contribution >= 0.6 is 0 Å². The Hall–Kier alpha value is -1.64. The Bertz CT molecular complexity index is 568. The van der Waals surface area contributed by atoms with Crippen molar-refractivity contribution in [2.45, 2.75) is 37.9 Å². The lowest BCUT2D eigenvalue weighted by molar-refractivity contribution is -0.183. The van der Waals surface area contributed by atoms with E-state index < -0.39 is 29.5 Å². The van der Waals surface area contributed by atoms with Crippen LogP contribution in [0.25, 0.3) is 0 Å². The van der Waals surface area contributed by atoms with Crippen molar-refractivity contribution >= 4 is 5.91 Å². The van der Waals surface area contributed by atoms with Crippen molar-refractivity contribution in [1.82, 2.24) is 20.8 Å². The third-order valence-corrected chi connectivity index (χ3v) is 4.50. The van der Waals surface area contributed by atoms with E-state index in [0.717, 1.165) is 6.42 Å². The zero-order valence-electron chi connectivity index (χ0n) is 12.0. The summed E-state index contributed by atoms with van der Waals surface area (Å²) in [5, 5.41) is 9.20. The van der Waals surface area contributed by atoms with Crippen LogP contribution in [0.5, 0.6) is 0 Å². The van der Waals surface area contributed by atoms with Crippen LogP contribution < -0.4 is 10.6 Å². The number of alkyl halides is 3. The predicted molar refractivity (Wildman–Crippen MR) is 68.6 cm³/mol. The van der Waals surface area contributed by atoms with Gasteiger partial charge >= 0.3 is 6.18 Å². The van der Waals surface area contributed by atoms with Crippen LogP contribution in [0.3, 0.4) is 0 Å². The third-order valence-electron chi connectivity index (χ3n) is 4.50. The van der Waals surface area contributed by atoms with E-state index in [1.165, 1.54) is 0 Å². The van der Waals surface area contributed by atoms with Crippen molar-refractivity contribution in [3.8, 4) is 0 Å². The first kappa shape index (κ1) is 15.3. The number of nitrogens with one attached hydrogen (secondary N) is 2. The average Bonchev–Trinajstić information content (AvgIpc) is 3.01. The number of carbonyl (C=O) groups excluding carboxylic acids is 1. The number of aromatic nitrogens is 2. The molecule has 122 valence electrons. The van der Waals surface area contributed by atoms with Gasteiger partial charge in [-0.05, 0) is 19.3 Å². The molecule has 0 aromatic carbocycles. The normalized spacial score (nSPS) is 27.5. The Kier molecular flexibility index (Phi) is 3.62. The molecular weight excluding hydrogens is 301 g/mol. The Labute approximate surface area is 124 Å². The van der Waals surface area contributed by atoms with Gasteiger partial charge in [0.05, 0.1) is 11.8 Å². The molecule has 1 saturated carbocycles. The van der Waals surface area contributed by atoms with Crippen LogP contribution in [0, 0.1) is 18.8 Å². The minimum absolute atomic E-state index is 0.0252. The monoisotopic (exact) mass is 318 g/mol. The zero-order valence-corrected chi connectivity index (χ0v) is 12.0. The summed E-state index contributed by atoms with van der Waals surface area (Å²) in [6.45, 7) is 1.43. The minimum Gasteiger partial charge on any atom is -0.343 e. The highest BCUT2D eigenvalue weighted by molar-refractivity contribution is 5.80. The Morgan fingerprint density at radius 1 is 1.41 bits per heavy atom. The van der Waals surface area contributed by atoms with Gasteiger partial charge in [-0.3, -0.25) is 4.79 Å². The fourth-order valence-electron chi connectivity index (χ4n) is 3.06. The van der Waals surface area contributed by atoms with Crippen molar-refractivity contribution in [3.05, 3.63) is 11.7 Å². The lowest BCUT2D eigenvalue weighted by Gasteiger charge is -2.40. The average molecular weight is 318 g/mol. The molecule has 0 spiro atoms. The molecule has 0 radical (unpaired) electrons. The van der Waals surface area contributed by atoms with E-state index in [9.17, 15) is 18.0 Å². The summed E-state index contributed by atoms with van der Waals surface area (Å²) in [7, 11) is 0. The summed E-state index contributed by atoms with van der Waals surface area (Å²) < 4.78 is 43.8. The second kappa shape index (κ2) is 5.22. The second-order valence-electron chi connectivity index (χ2n) is 5.97. The number of carbonyl (C=O) groups is 1. The standard InChI is InChI=1S/C13H17F3N4O2/c1-7-18-11(20-22-7)12(3-2-4-12)19-10(21)8-5-17-6-9(8)13(14,15)16/h8-9,17H,2-6H2,1H3,(H,19,21)/t8-,9-/m1/s1. The molecule has 2 fully saturated rings. The van der Waals surface area contributed by atoms with Gasteiger partial charge in [-0.1, -0.05) is 5.16 Å². The van der Waals surface area contributed by atoms with Crippen molar-refractivity contribution in [2.24, 2.45) is 11.8 Å². The van der Waals surface area contributed by atoms with Crippen LogP contribution in [0.2, 0.25) is 0 Å². The molecule has 0 bridgehead atoms. The summed E-state index contributed by atoms with van der Waals surface area (Å²) in [5.74, 6) is -2.66. The number of amides is 1. The largest absolute Gasteiger partial charge is 0.393 e. The molecule has 1 aromatic heterocycles. The van der Waals surface area contributed by atoms with Gasteiger partial charge in [0.15, 0.2) is 5.82 Å². The van der Waals surface area contributed by atoms with Gasteiger partial charge in [-0.15, -0.1) is 0 Å². The Morgan fingerprint density at radius 3 is 2.64 bits per heavy atom. The Balaban J connectivity index is 1.75. The lowest BCUT2D eigenvalue weighted by Crippen LogP contribution is -2.54. The SMILES string of the molecule is Cc1nc(C2(NC(=O)[C@@H]3CNC[C@H]3C(F)(F)F)CCC2)no1. The highest BCUT2D eigenvalue weighted by Gasteiger charge is 2.52.